The van der Waals surface area contributed by atoms with Gasteiger partial charge in [0.05, 0.1) is 0 Å². The van der Waals surface area contributed by atoms with E-state index in [0.717, 1.165) is 12.2 Å². The zero-order valence-electron chi connectivity index (χ0n) is 4.68. The van der Waals surface area contributed by atoms with Crippen molar-refractivity contribution in [3.63, 3.8) is 0 Å². The van der Waals surface area contributed by atoms with Crippen LogP contribution in [0, 0.1) is 0 Å². The molecule has 0 amide bonds. The van der Waals surface area contributed by atoms with Crippen LogP contribution in [0.3, 0.4) is 0 Å². The first-order chi connectivity index (χ1) is 3.29. The van der Waals surface area contributed by atoms with E-state index >= 15 is 0 Å². The van der Waals surface area contributed by atoms with Gasteiger partial charge in [0.25, 0.3) is 0 Å². The second kappa shape index (κ2) is 6.97. The molecular weight excluding hydrogens is 194 g/mol. The molecule has 0 aromatic heterocycles. The molecular formula is C4H2O4PV. The quantitative estimate of drug-likeness (QED) is 0.319. The van der Waals surface area contributed by atoms with Gasteiger partial charge in [-0.15, -0.1) is 0 Å². The summed E-state index contributed by atoms with van der Waals surface area (Å²) in [6, 6.07) is 0. The normalized spacial score (nSPS) is 12.4. The van der Waals surface area contributed by atoms with Crippen molar-refractivity contribution in [3.8, 4) is 0 Å². The first-order valence-electron chi connectivity index (χ1n) is 1.73. The molecule has 10 heavy (non-hydrogen) atoms. The Balaban J connectivity index is -0.000000163. The third-order valence-electron chi connectivity index (χ3n) is 0.557. The Bertz CT molecular complexity index is 139. The monoisotopic (exact) mass is 196 g/mol. The summed E-state index contributed by atoms with van der Waals surface area (Å²) >= 11 is 0. The summed E-state index contributed by atoms with van der Waals surface area (Å²) in [6.07, 6.45) is 2.17. The summed E-state index contributed by atoms with van der Waals surface area (Å²) in [4.78, 5) is 19.8. The smallest absolute Gasteiger partial charge is 0.338 e. The summed E-state index contributed by atoms with van der Waals surface area (Å²) in [5.41, 5.74) is 0. The molecule has 0 saturated carbocycles. The Morgan fingerprint density at radius 2 is 1.40 bits per heavy atom. The van der Waals surface area contributed by atoms with Gasteiger partial charge in [-0.1, -0.05) is 0 Å². The zero-order chi connectivity index (χ0) is 5.28. The maximum Gasteiger partial charge on any atom is 0.338 e. The number of carbonyl (C=O) groups excluding carboxylic acids is 2. The van der Waals surface area contributed by atoms with Gasteiger partial charge < -0.3 is 4.74 Å². The molecule has 0 unspecified atom stereocenters. The van der Waals surface area contributed by atoms with Crippen LogP contribution in [0.4, 0.5) is 0 Å². The Labute approximate surface area is 72.8 Å². The van der Waals surface area contributed by atoms with Gasteiger partial charge in [0.1, 0.15) is 0 Å². The molecule has 0 spiro atoms. The minimum Gasteiger partial charge on any atom is -0.387 e. The number of rotatable bonds is 0. The van der Waals surface area contributed by atoms with Crippen molar-refractivity contribution >= 4 is 21.8 Å². The fourth-order valence-corrected chi connectivity index (χ4v) is 0.303. The van der Waals surface area contributed by atoms with Crippen molar-refractivity contribution < 1.29 is 38.4 Å². The second-order valence-electron chi connectivity index (χ2n) is 1.07. The van der Waals surface area contributed by atoms with Crippen molar-refractivity contribution in [2.45, 2.75) is 0 Å². The number of hydrogen-bond donors (Lipinski definition) is 0. The van der Waals surface area contributed by atoms with E-state index in [1.54, 1.807) is 0 Å². The largest absolute Gasteiger partial charge is 0.387 e. The Kier molecular flexibility index (Phi) is 11.5. The minimum absolute atomic E-state index is 0. The Hall–Kier alpha value is -0.146. The van der Waals surface area contributed by atoms with Crippen LogP contribution in [0.25, 0.3) is 0 Å². The van der Waals surface area contributed by atoms with E-state index in [9.17, 15) is 9.59 Å². The first kappa shape index (κ1) is 16.4. The SMILES string of the molecule is O=C1C=CC(=O)O1.[O].[P].[V]. The molecule has 1 aliphatic rings. The van der Waals surface area contributed by atoms with Gasteiger partial charge in [0, 0.05) is 46.1 Å². The van der Waals surface area contributed by atoms with Crippen LogP contribution in [-0.4, -0.2) is 11.9 Å². The minimum atomic E-state index is -0.579. The van der Waals surface area contributed by atoms with Gasteiger partial charge in [0.2, 0.25) is 0 Å². The van der Waals surface area contributed by atoms with Gasteiger partial charge in [-0.3, -0.25) is 0 Å². The van der Waals surface area contributed by atoms with Crippen LogP contribution < -0.4 is 0 Å². The molecule has 0 aromatic rings. The van der Waals surface area contributed by atoms with E-state index in [0.29, 0.717) is 0 Å². The van der Waals surface area contributed by atoms with Crippen LogP contribution >= 0.6 is 9.90 Å². The van der Waals surface area contributed by atoms with Crippen molar-refractivity contribution in [3.05, 3.63) is 12.2 Å². The standard InChI is InChI=1S/C4H2O3.O.P.V/c5-3-1-2-4(6)7-3;;;/h1-2H;;;. The molecule has 1 rings (SSSR count). The van der Waals surface area contributed by atoms with Crippen molar-refractivity contribution in [2.75, 3.05) is 0 Å². The van der Waals surface area contributed by atoms with E-state index in [2.05, 4.69) is 4.74 Å². The van der Waals surface area contributed by atoms with E-state index in [1.165, 1.54) is 0 Å². The second-order valence-corrected chi connectivity index (χ2v) is 1.07. The predicted molar refractivity (Wildman–Crippen MR) is 27.8 cm³/mol. The molecule has 0 aliphatic carbocycles. The molecule has 6 radical (unpaired) electrons. The average molecular weight is 196 g/mol. The van der Waals surface area contributed by atoms with Crippen LogP contribution in [0.15, 0.2) is 12.2 Å². The van der Waals surface area contributed by atoms with Gasteiger partial charge in [-0.05, 0) is 0 Å². The summed E-state index contributed by atoms with van der Waals surface area (Å²) in [7, 11) is 0. The van der Waals surface area contributed by atoms with Crippen LogP contribution in [-0.2, 0) is 38.4 Å². The fourth-order valence-electron chi connectivity index (χ4n) is 0.303. The number of esters is 2. The molecule has 1 aliphatic heterocycles. The number of hydrogen-bond acceptors (Lipinski definition) is 3. The number of carbonyl (C=O) groups is 2. The molecule has 0 bridgehead atoms. The molecule has 0 atom stereocenters. The Morgan fingerprint density at radius 1 is 1.10 bits per heavy atom. The topological polar surface area (TPSA) is 71.9 Å². The van der Waals surface area contributed by atoms with E-state index in [4.69, 9.17) is 0 Å². The van der Waals surface area contributed by atoms with Crippen LogP contribution in [0.2, 0.25) is 0 Å². The van der Waals surface area contributed by atoms with E-state index < -0.39 is 11.9 Å². The summed E-state index contributed by atoms with van der Waals surface area (Å²) < 4.78 is 3.97. The van der Waals surface area contributed by atoms with Gasteiger partial charge in [-0.2, -0.15) is 0 Å². The first-order valence-corrected chi connectivity index (χ1v) is 1.73. The zero-order valence-corrected chi connectivity index (χ0v) is 6.97. The third-order valence-corrected chi connectivity index (χ3v) is 0.557. The summed E-state index contributed by atoms with van der Waals surface area (Å²) in [5, 5.41) is 0. The average Bonchev–Trinajstić information content (AvgIpc) is 1.87. The van der Waals surface area contributed by atoms with Crippen molar-refractivity contribution in [1.29, 1.82) is 0 Å². The molecule has 0 saturated heterocycles. The fraction of sp³-hybridized carbons (Fsp3) is 0. The molecule has 0 aromatic carbocycles. The van der Waals surface area contributed by atoms with Crippen LogP contribution in [0.5, 0.6) is 0 Å². The number of cyclic esters (lactones) is 2. The molecule has 1 heterocycles. The maximum atomic E-state index is 9.92. The van der Waals surface area contributed by atoms with Crippen LogP contribution in [0.1, 0.15) is 0 Å². The van der Waals surface area contributed by atoms with Crippen molar-refractivity contribution in [1.82, 2.24) is 0 Å². The van der Waals surface area contributed by atoms with Gasteiger partial charge in [0.15, 0.2) is 0 Å². The molecule has 0 fully saturated rings. The predicted octanol–water partition coefficient (Wildman–Crippen LogP) is 0.366. The Morgan fingerprint density at radius 3 is 1.50 bits per heavy atom. The third kappa shape index (κ3) is 4.71. The van der Waals surface area contributed by atoms with Gasteiger partial charge >= 0.3 is 11.9 Å². The van der Waals surface area contributed by atoms with Crippen molar-refractivity contribution in [2.24, 2.45) is 0 Å². The summed E-state index contributed by atoms with van der Waals surface area (Å²) in [6.45, 7) is 0. The molecule has 6 heteroatoms. The molecule has 4 nitrogen and oxygen atoms in total. The van der Waals surface area contributed by atoms with Gasteiger partial charge in [-0.25, -0.2) is 9.59 Å². The van der Waals surface area contributed by atoms with E-state index in [-0.39, 0.29) is 33.9 Å². The summed E-state index contributed by atoms with van der Waals surface area (Å²) in [5.74, 6) is -1.16. The molecule has 52 valence electrons. The van der Waals surface area contributed by atoms with E-state index in [1.807, 2.05) is 0 Å². The molecule has 0 N–H and O–H groups in total. The maximum absolute atomic E-state index is 9.92. The number of ether oxygens (including phenoxy) is 1.